The van der Waals surface area contributed by atoms with E-state index in [2.05, 4.69) is 42.0 Å². The smallest absolute Gasteiger partial charge is 0.410 e. The molecule has 0 spiro atoms. The molecule has 0 bridgehead atoms. The van der Waals surface area contributed by atoms with Crippen LogP contribution in [0.5, 0.6) is 0 Å². The van der Waals surface area contributed by atoms with Crippen LogP contribution in [-0.4, -0.2) is 97.7 Å². The monoisotopic (exact) mass is 673 g/mol. The van der Waals surface area contributed by atoms with Crippen LogP contribution in [0.3, 0.4) is 0 Å². The van der Waals surface area contributed by atoms with Crippen LogP contribution in [0.1, 0.15) is 64.6 Å². The molecule has 1 aromatic carbocycles. The van der Waals surface area contributed by atoms with Gasteiger partial charge >= 0.3 is 6.09 Å². The minimum atomic E-state index is -3.93. The van der Waals surface area contributed by atoms with E-state index in [1.807, 2.05) is 28.6 Å². The van der Waals surface area contributed by atoms with E-state index in [-0.39, 0.29) is 34.5 Å². The fraction of sp³-hybridized carbons (Fsp3) is 0.656. The molecular weight excluding hydrogens is 630 g/mol. The molecule has 1 saturated carbocycles. The number of nitriles is 1. The lowest BCUT2D eigenvalue weighted by Crippen LogP contribution is -2.53. The van der Waals surface area contributed by atoms with Gasteiger partial charge in [0.1, 0.15) is 11.4 Å². The number of carbonyl (C=O) groups is 1. The normalized spacial score (nSPS) is 24.1. The van der Waals surface area contributed by atoms with Crippen LogP contribution in [0.2, 0.25) is 5.02 Å². The molecular formula is C32H44ClN7O5S. The van der Waals surface area contributed by atoms with Gasteiger partial charge in [0.15, 0.2) is 16.1 Å². The largest absolute Gasteiger partial charge is 0.425 e. The second-order valence-corrected chi connectivity index (χ2v) is 16.5. The van der Waals surface area contributed by atoms with Crippen LogP contribution in [0.25, 0.3) is 0 Å². The summed E-state index contributed by atoms with van der Waals surface area (Å²) >= 11 is 6.73. The summed E-state index contributed by atoms with van der Waals surface area (Å²) in [6.45, 7) is 13.3. The highest BCUT2D eigenvalue weighted by Crippen LogP contribution is 2.39. The number of piperazine rings is 1. The Hall–Kier alpha value is -3.05. The average molecular weight is 674 g/mol. The maximum atomic E-state index is 14.2. The van der Waals surface area contributed by atoms with Gasteiger partial charge in [-0.2, -0.15) is 10.4 Å². The highest BCUT2D eigenvalue weighted by molar-refractivity contribution is 7.92. The summed E-state index contributed by atoms with van der Waals surface area (Å²) in [5, 5.41) is 16.2. The lowest BCUT2D eigenvalue weighted by atomic mass is 10.0. The summed E-state index contributed by atoms with van der Waals surface area (Å²) in [5.41, 5.74) is 0.848. The van der Waals surface area contributed by atoms with Crippen molar-refractivity contribution in [1.29, 1.82) is 5.26 Å². The van der Waals surface area contributed by atoms with E-state index < -0.39 is 32.9 Å². The Morgan fingerprint density at radius 1 is 1.15 bits per heavy atom. The van der Waals surface area contributed by atoms with E-state index in [1.54, 1.807) is 12.1 Å². The van der Waals surface area contributed by atoms with E-state index in [4.69, 9.17) is 26.2 Å². The summed E-state index contributed by atoms with van der Waals surface area (Å²) in [6.07, 6.45) is 1.07. The van der Waals surface area contributed by atoms with Gasteiger partial charge in [0.2, 0.25) is 0 Å². The summed E-state index contributed by atoms with van der Waals surface area (Å²) in [5.74, 6) is 0.692. The van der Waals surface area contributed by atoms with Gasteiger partial charge in [-0.3, -0.25) is 4.90 Å². The Bertz CT molecular complexity index is 1600. The molecule has 14 heteroatoms. The fourth-order valence-electron chi connectivity index (χ4n) is 6.73. The molecule has 1 aromatic heterocycles. The predicted octanol–water partition coefficient (Wildman–Crippen LogP) is 4.28. The van der Waals surface area contributed by atoms with Crippen molar-refractivity contribution in [2.45, 2.75) is 93.3 Å². The lowest BCUT2D eigenvalue weighted by molar-refractivity contribution is 0.0656. The van der Waals surface area contributed by atoms with Gasteiger partial charge in [-0.25, -0.2) is 17.9 Å². The first-order valence-corrected chi connectivity index (χ1v) is 18.1. The zero-order valence-electron chi connectivity index (χ0n) is 27.0. The van der Waals surface area contributed by atoms with E-state index in [0.29, 0.717) is 31.9 Å². The van der Waals surface area contributed by atoms with E-state index in [9.17, 15) is 18.5 Å². The Kier molecular flexibility index (Phi) is 8.95. The summed E-state index contributed by atoms with van der Waals surface area (Å²) < 4.78 is 41.8. The van der Waals surface area contributed by atoms with Crippen LogP contribution in [0, 0.1) is 18.3 Å². The third-order valence-corrected chi connectivity index (χ3v) is 12.3. The van der Waals surface area contributed by atoms with Gasteiger partial charge in [0.05, 0.1) is 33.0 Å². The van der Waals surface area contributed by atoms with Gasteiger partial charge < -0.3 is 24.6 Å². The quantitative estimate of drug-likeness (QED) is 0.454. The number of carbonyl (C=O) groups excluding carboxylic acids is 1. The molecule has 12 nitrogen and oxygen atoms in total. The number of rotatable bonds is 7. The molecule has 0 unspecified atom stereocenters. The topological polar surface area (TPSA) is 133 Å². The van der Waals surface area contributed by atoms with Gasteiger partial charge in [-0.15, -0.1) is 0 Å². The van der Waals surface area contributed by atoms with Crippen molar-refractivity contribution in [3.05, 3.63) is 35.0 Å². The molecule has 1 amide bonds. The van der Waals surface area contributed by atoms with Crippen molar-refractivity contribution in [3.63, 3.8) is 0 Å². The second kappa shape index (κ2) is 12.5. The number of aromatic nitrogens is 2. The van der Waals surface area contributed by atoms with Crippen molar-refractivity contribution in [2.75, 3.05) is 55.7 Å². The minimum absolute atomic E-state index is 0.0418. The molecule has 4 fully saturated rings. The number of ether oxygens (including phenoxy) is 2. The van der Waals surface area contributed by atoms with Crippen LogP contribution in [-0.2, 0) is 19.3 Å². The molecule has 46 heavy (non-hydrogen) atoms. The van der Waals surface area contributed by atoms with Gasteiger partial charge in [-0.05, 0) is 71.6 Å². The molecule has 1 aliphatic carbocycles. The van der Waals surface area contributed by atoms with E-state index >= 15 is 0 Å². The first-order valence-electron chi connectivity index (χ1n) is 16.1. The van der Waals surface area contributed by atoms with Crippen molar-refractivity contribution < 1.29 is 22.7 Å². The zero-order chi connectivity index (χ0) is 32.9. The molecule has 3 aliphatic heterocycles. The number of alkyl carbamates (subject to hydrolysis) is 1. The van der Waals surface area contributed by atoms with Crippen molar-refractivity contribution in [3.8, 4) is 6.07 Å². The number of aryl methyl sites for hydroxylation is 1. The molecule has 4 heterocycles. The van der Waals surface area contributed by atoms with Crippen LogP contribution in [0.4, 0.5) is 16.3 Å². The number of nitrogens with zero attached hydrogens (tertiary/aromatic N) is 6. The SMILES string of the molecule is Cc1cc(N2C[C@H](S(=O)(=O)c3ccc(N4CCN(C(C)(C)C)CC4)cc3Cl)C[C@@H]2OC(=O)NC2(C#N)CC2)n(C2CCOCC2)n1. The molecule has 1 N–H and O–H groups in total. The van der Waals surface area contributed by atoms with Gasteiger partial charge in [0.25, 0.3) is 0 Å². The molecule has 4 aliphatic rings. The third-order valence-electron chi connectivity index (χ3n) is 9.68. The highest BCUT2D eigenvalue weighted by Gasteiger charge is 2.48. The minimum Gasteiger partial charge on any atom is -0.425 e. The van der Waals surface area contributed by atoms with Crippen molar-refractivity contribution in [1.82, 2.24) is 20.0 Å². The Morgan fingerprint density at radius 3 is 2.46 bits per heavy atom. The lowest BCUT2D eigenvalue weighted by Gasteiger charge is -2.43. The number of halogens is 1. The van der Waals surface area contributed by atoms with E-state index in [1.165, 1.54) is 0 Å². The van der Waals surface area contributed by atoms with Crippen LogP contribution >= 0.6 is 11.6 Å². The van der Waals surface area contributed by atoms with Gasteiger partial charge in [-0.1, -0.05) is 11.6 Å². The first kappa shape index (κ1) is 32.9. The Balaban J connectivity index is 1.24. The number of anilines is 2. The number of sulfone groups is 1. The standard InChI is InChI=1S/C32H44ClN7O5S/c1-22-17-28(40(36-22)23-7-15-44-16-8-23)39-20-25(19-29(39)45-30(41)35-32(21-34)9-10-32)46(42,43)27-6-5-24(18-26(27)33)37-11-13-38(14-12-37)31(2,3)4/h5-6,17-18,23,25,29H,7-16,19-20H2,1-4H3,(H,35,41)/t25-,29+/m1/s1. The van der Waals surface area contributed by atoms with Gasteiger partial charge in [0, 0.05) is 69.7 Å². The maximum absolute atomic E-state index is 14.2. The molecule has 6 rings (SSSR count). The molecule has 0 radical (unpaired) electrons. The highest BCUT2D eigenvalue weighted by atomic mass is 35.5. The summed E-state index contributed by atoms with van der Waals surface area (Å²) in [7, 11) is -3.93. The van der Waals surface area contributed by atoms with Crippen molar-refractivity contribution >= 4 is 39.0 Å². The fourth-order valence-corrected chi connectivity index (χ4v) is 8.95. The first-order chi connectivity index (χ1) is 21.8. The van der Waals surface area contributed by atoms with Crippen LogP contribution in [0.15, 0.2) is 29.2 Å². The second-order valence-electron chi connectivity index (χ2n) is 13.9. The third kappa shape index (κ3) is 6.68. The average Bonchev–Trinajstić information content (AvgIpc) is 3.48. The number of hydrogen-bond donors (Lipinski definition) is 1. The molecule has 3 saturated heterocycles. The Labute approximate surface area is 276 Å². The Morgan fingerprint density at radius 2 is 1.85 bits per heavy atom. The van der Waals surface area contributed by atoms with E-state index in [0.717, 1.165) is 50.4 Å². The zero-order valence-corrected chi connectivity index (χ0v) is 28.6. The summed E-state index contributed by atoms with van der Waals surface area (Å²) in [6, 6.07) is 9.29. The van der Waals surface area contributed by atoms with Crippen molar-refractivity contribution in [2.24, 2.45) is 0 Å². The summed E-state index contributed by atoms with van der Waals surface area (Å²) in [4.78, 5) is 19.6. The van der Waals surface area contributed by atoms with Crippen LogP contribution < -0.4 is 15.1 Å². The molecule has 2 atom stereocenters. The molecule has 250 valence electrons. The number of nitrogens with one attached hydrogen (secondary N) is 1. The number of benzene rings is 1. The number of amides is 1. The predicted molar refractivity (Wildman–Crippen MR) is 175 cm³/mol. The molecule has 2 aromatic rings. The maximum Gasteiger partial charge on any atom is 0.410 e. The number of hydrogen-bond acceptors (Lipinski definition) is 10.